The lowest BCUT2D eigenvalue weighted by molar-refractivity contribution is 0.343. The van der Waals surface area contributed by atoms with Crippen molar-refractivity contribution in [3.05, 3.63) is 29.8 Å². The van der Waals surface area contributed by atoms with E-state index < -0.39 is 0 Å². The van der Waals surface area contributed by atoms with Crippen LogP contribution in [-0.4, -0.2) is 25.7 Å². The predicted octanol–water partition coefficient (Wildman–Crippen LogP) is 1.96. The van der Waals surface area contributed by atoms with Crippen molar-refractivity contribution in [2.45, 2.75) is 31.7 Å². The second-order valence-corrected chi connectivity index (χ2v) is 4.99. The third-order valence-electron chi connectivity index (χ3n) is 3.40. The molecular weight excluding hydrogens is 236 g/mol. The normalized spacial score (nSPS) is 13.6. The zero-order valence-electron chi connectivity index (χ0n) is 11.9. The number of hydrogen-bond acceptors (Lipinski definition) is 3. The van der Waals surface area contributed by atoms with Gasteiger partial charge in [-0.05, 0) is 37.5 Å². The number of methoxy groups -OCH3 is 1. The van der Waals surface area contributed by atoms with Gasteiger partial charge in [-0.1, -0.05) is 12.1 Å². The summed E-state index contributed by atoms with van der Waals surface area (Å²) in [5, 5.41) is 3.45. The topological polar surface area (TPSA) is 47.3 Å². The van der Waals surface area contributed by atoms with Gasteiger partial charge in [0.05, 0.1) is 7.11 Å². The summed E-state index contributed by atoms with van der Waals surface area (Å²) < 4.78 is 5.15. The van der Waals surface area contributed by atoms with Crippen LogP contribution in [0.15, 0.2) is 24.3 Å². The van der Waals surface area contributed by atoms with Crippen LogP contribution in [0.25, 0.3) is 0 Å². The van der Waals surface area contributed by atoms with Crippen molar-refractivity contribution < 1.29 is 4.74 Å². The molecule has 1 rings (SSSR count). The van der Waals surface area contributed by atoms with Gasteiger partial charge in [-0.3, -0.25) is 0 Å². The fourth-order valence-corrected chi connectivity index (χ4v) is 1.91. The summed E-state index contributed by atoms with van der Waals surface area (Å²) in [5.41, 5.74) is 7.10. The fraction of sp³-hybridized carbons (Fsp3) is 0.500. The van der Waals surface area contributed by atoms with E-state index in [1.165, 1.54) is 5.56 Å². The highest BCUT2D eigenvalue weighted by molar-refractivity contribution is 5.27. The van der Waals surface area contributed by atoms with Crippen molar-refractivity contribution >= 4 is 0 Å². The molecule has 0 spiro atoms. The van der Waals surface area contributed by atoms with Gasteiger partial charge >= 0.3 is 0 Å². The van der Waals surface area contributed by atoms with E-state index in [0.717, 1.165) is 31.6 Å². The maximum Gasteiger partial charge on any atom is 0.118 e. The Kier molecular flexibility index (Phi) is 6.41. The number of aryl methyl sites for hydroxylation is 1. The molecule has 0 aromatic heterocycles. The minimum Gasteiger partial charge on any atom is -0.497 e. The second-order valence-electron chi connectivity index (χ2n) is 4.99. The van der Waals surface area contributed by atoms with Crippen molar-refractivity contribution in [3.63, 3.8) is 0 Å². The molecule has 0 amide bonds. The minimum absolute atomic E-state index is 0.0588. The molecule has 1 aromatic rings. The Morgan fingerprint density at radius 3 is 2.58 bits per heavy atom. The Morgan fingerprint density at radius 2 is 2.05 bits per heavy atom. The van der Waals surface area contributed by atoms with Crippen molar-refractivity contribution in [2.24, 2.45) is 5.73 Å². The quantitative estimate of drug-likeness (QED) is 0.555. The molecule has 0 aliphatic heterocycles. The zero-order valence-corrected chi connectivity index (χ0v) is 11.9. The first-order valence-corrected chi connectivity index (χ1v) is 6.65. The first-order chi connectivity index (χ1) is 9.13. The molecular formula is C16H24N2O. The lowest BCUT2D eigenvalue weighted by Gasteiger charge is -2.29. The third-order valence-corrected chi connectivity index (χ3v) is 3.40. The Balaban J connectivity index is 2.49. The molecule has 3 heteroatoms. The van der Waals surface area contributed by atoms with Crippen LogP contribution in [0.3, 0.4) is 0 Å². The minimum atomic E-state index is -0.0588. The van der Waals surface area contributed by atoms with E-state index >= 15 is 0 Å². The van der Waals surface area contributed by atoms with E-state index in [2.05, 4.69) is 30.3 Å². The monoisotopic (exact) mass is 260 g/mol. The largest absolute Gasteiger partial charge is 0.497 e. The summed E-state index contributed by atoms with van der Waals surface area (Å²) in [7, 11) is 1.68. The smallest absolute Gasteiger partial charge is 0.118 e. The van der Waals surface area contributed by atoms with Gasteiger partial charge < -0.3 is 15.8 Å². The maximum atomic E-state index is 5.86. The molecule has 0 radical (unpaired) electrons. The van der Waals surface area contributed by atoms with Crippen molar-refractivity contribution in [1.82, 2.24) is 5.32 Å². The highest BCUT2D eigenvalue weighted by Crippen LogP contribution is 2.16. The van der Waals surface area contributed by atoms with Crippen LogP contribution >= 0.6 is 0 Å². The van der Waals surface area contributed by atoms with Crippen LogP contribution in [-0.2, 0) is 6.42 Å². The van der Waals surface area contributed by atoms with Gasteiger partial charge in [0.1, 0.15) is 5.75 Å². The standard InChI is InChI=1S/C16H24N2O/c1-4-5-12-18-16(2,13-17)11-10-14-6-8-15(19-3)9-7-14/h1,6-9,18H,5,10-13,17H2,2-3H3. The van der Waals surface area contributed by atoms with Crippen molar-refractivity contribution in [1.29, 1.82) is 0 Å². The summed E-state index contributed by atoms with van der Waals surface area (Å²) in [5.74, 6) is 3.52. The Morgan fingerprint density at radius 1 is 1.37 bits per heavy atom. The maximum absolute atomic E-state index is 5.86. The summed E-state index contributed by atoms with van der Waals surface area (Å²) >= 11 is 0. The van der Waals surface area contributed by atoms with Gasteiger partial charge in [0.2, 0.25) is 0 Å². The summed E-state index contributed by atoms with van der Waals surface area (Å²) in [6, 6.07) is 8.16. The van der Waals surface area contributed by atoms with E-state index in [9.17, 15) is 0 Å². The van der Waals surface area contributed by atoms with Gasteiger partial charge in [0.25, 0.3) is 0 Å². The van der Waals surface area contributed by atoms with E-state index in [1.807, 2.05) is 12.1 Å². The molecule has 0 bridgehead atoms. The van der Waals surface area contributed by atoms with Crippen LogP contribution in [0.2, 0.25) is 0 Å². The zero-order chi connectivity index (χ0) is 14.1. The number of ether oxygens (including phenoxy) is 1. The van der Waals surface area contributed by atoms with Gasteiger partial charge in [0, 0.05) is 25.0 Å². The molecule has 0 fully saturated rings. The summed E-state index contributed by atoms with van der Waals surface area (Å²) in [6.07, 6.45) is 7.97. The molecule has 19 heavy (non-hydrogen) atoms. The first-order valence-electron chi connectivity index (χ1n) is 6.65. The van der Waals surface area contributed by atoms with Crippen LogP contribution in [0, 0.1) is 12.3 Å². The molecule has 1 atom stereocenters. The predicted molar refractivity (Wildman–Crippen MR) is 80.2 cm³/mol. The first kappa shape index (κ1) is 15.6. The van der Waals surface area contributed by atoms with E-state index in [-0.39, 0.29) is 5.54 Å². The van der Waals surface area contributed by atoms with Gasteiger partial charge in [-0.25, -0.2) is 0 Å². The number of nitrogens with one attached hydrogen (secondary N) is 1. The molecule has 104 valence electrons. The highest BCUT2D eigenvalue weighted by Gasteiger charge is 2.20. The molecule has 0 aliphatic carbocycles. The van der Waals surface area contributed by atoms with E-state index in [4.69, 9.17) is 16.9 Å². The lowest BCUT2D eigenvalue weighted by atomic mass is 9.93. The number of hydrogen-bond donors (Lipinski definition) is 2. The summed E-state index contributed by atoms with van der Waals surface area (Å²) in [4.78, 5) is 0. The molecule has 0 saturated carbocycles. The molecule has 0 heterocycles. The Hall–Kier alpha value is -1.50. The number of benzene rings is 1. The van der Waals surface area contributed by atoms with Crippen LogP contribution in [0.4, 0.5) is 0 Å². The van der Waals surface area contributed by atoms with Gasteiger partial charge in [0.15, 0.2) is 0 Å². The highest BCUT2D eigenvalue weighted by atomic mass is 16.5. The van der Waals surface area contributed by atoms with Crippen LogP contribution in [0.5, 0.6) is 5.75 Å². The Labute approximate surface area is 116 Å². The molecule has 0 saturated heterocycles. The second kappa shape index (κ2) is 7.83. The number of rotatable bonds is 8. The Bertz CT molecular complexity index is 408. The average Bonchev–Trinajstić information content (AvgIpc) is 2.46. The molecule has 1 aromatic carbocycles. The van der Waals surface area contributed by atoms with Crippen LogP contribution < -0.4 is 15.8 Å². The van der Waals surface area contributed by atoms with Crippen molar-refractivity contribution in [3.8, 4) is 18.1 Å². The number of nitrogens with two attached hydrogens (primary N) is 1. The molecule has 3 nitrogen and oxygen atoms in total. The molecule has 0 aliphatic rings. The SMILES string of the molecule is C#CCCNC(C)(CN)CCc1ccc(OC)cc1. The lowest BCUT2D eigenvalue weighted by Crippen LogP contribution is -2.49. The molecule has 1 unspecified atom stereocenters. The van der Waals surface area contributed by atoms with E-state index in [1.54, 1.807) is 7.11 Å². The van der Waals surface area contributed by atoms with Gasteiger partial charge in [-0.15, -0.1) is 12.3 Å². The van der Waals surface area contributed by atoms with Crippen LogP contribution in [0.1, 0.15) is 25.3 Å². The third kappa shape index (κ3) is 5.34. The fourth-order valence-electron chi connectivity index (χ4n) is 1.91. The van der Waals surface area contributed by atoms with Gasteiger partial charge in [-0.2, -0.15) is 0 Å². The number of terminal acetylenes is 1. The average molecular weight is 260 g/mol. The van der Waals surface area contributed by atoms with E-state index in [0.29, 0.717) is 6.54 Å². The van der Waals surface area contributed by atoms with Crippen molar-refractivity contribution in [2.75, 3.05) is 20.2 Å². The summed E-state index contributed by atoms with van der Waals surface area (Å²) in [6.45, 7) is 3.56. The molecule has 3 N–H and O–H groups in total.